The number of nitrogens with zero attached hydrogens (tertiary/aromatic N) is 4. The number of fused-ring (bicyclic) bond motifs is 1. The summed E-state index contributed by atoms with van der Waals surface area (Å²) < 4.78 is 13.8. The lowest BCUT2D eigenvalue weighted by Gasteiger charge is -2.25. The van der Waals surface area contributed by atoms with Crippen LogP contribution in [0, 0.1) is 5.53 Å². The fraction of sp³-hybridized carbons (Fsp3) is 0.375. The number of nitrogens with two attached hydrogens (primary N) is 1. The summed E-state index contributed by atoms with van der Waals surface area (Å²) >= 11 is 0. The van der Waals surface area contributed by atoms with Crippen molar-refractivity contribution in [3.63, 3.8) is 0 Å². The molecular formula is C24H32FN7O. The van der Waals surface area contributed by atoms with Crippen molar-refractivity contribution in [2.24, 2.45) is 10.1 Å². The average Bonchev–Trinajstić information content (AvgIpc) is 3.00. The fourth-order valence-corrected chi connectivity index (χ4v) is 3.38. The molecule has 1 heterocycles. The molecule has 0 atom stereocenters. The van der Waals surface area contributed by atoms with Gasteiger partial charge in [-0.3, -0.25) is 4.99 Å². The van der Waals surface area contributed by atoms with Crippen LogP contribution in [0.5, 0.6) is 0 Å². The van der Waals surface area contributed by atoms with E-state index in [1.807, 2.05) is 38.2 Å². The van der Waals surface area contributed by atoms with Gasteiger partial charge in [0.05, 0.1) is 11.4 Å². The second-order valence-corrected chi connectivity index (χ2v) is 7.43. The van der Waals surface area contributed by atoms with Crippen molar-refractivity contribution in [1.29, 1.82) is 5.53 Å². The molecule has 2 rings (SSSR count). The highest BCUT2D eigenvalue weighted by Gasteiger charge is 2.26. The molecule has 1 aromatic rings. The van der Waals surface area contributed by atoms with Gasteiger partial charge in [-0.15, -0.1) is 0 Å². The maximum absolute atomic E-state index is 13.8. The molecule has 0 spiro atoms. The van der Waals surface area contributed by atoms with Crippen molar-refractivity contribution in [2.45, 2.75) is 38.7 Å². The highest BCUT2D eigenvalue weighted by molar-refractivity contribution is 6.01. The van der Waals surface area contributed by atoms with Crippen molar-refractivity contribution in [2.75, 3.05) is 25.9 Å². The Morgan fingerprint density at radius 1 is 1.30 bits per heavy atom. The van der Waals surface area contributed by atoms with Crippen molar-refractivity contribution >= 4 is 23.4 Å². The number of hydrogen-bond donors (Lipinski definition) is 4. The second-order valence-electron chi connectivity index (χ2n) is 7.43. The zero-order valence-corrected chi connectivity index (χ0v) is 19.3. The van der Waals surface area contributed by atoms with Crippen LogP contribution in [0.25, 0.3) is 11.8 Å². The molecule has 1 aliphatic carbocycles. The molecular weight excluding hydrogens is 421 g/mol. The maximum atomic E-state index is 13.8. The molecule has 0 fully saturated rings. The average molecular weight is 454 g/mol. The fourth-order valence-electron chi connectivity index (χ4n) is 3.38. The number of halogens is 1. The summed E-state index contributed by atoms with van der Waals surface area (Å²) in [6.45, 7) is 4.89. The molecule has 0 aliphatic heterocycles. The van der Waals surface area contributed by atoms with Crippen molar-refractivity contribution in [3.8, 4) is 0 Å². The Labute approximate surface area is 194 Å². The number of nitrogens with one attached hydrogen (secondary N) is 2. The Kier molecular flexibility index (Phi) is 9.96. The van der Waals surface area contributed by atoms with E-state index in [0.717, 1.165) is 0 Å². The van der Waals surface area contributed by atoms with E-state index in [0.29, 0.717) is 54.3 Å². The Balaban J connectivity index is 2.00. The number of nitrogen functional groups attached to an aromatic ring is 1. The first-order valence-electron chi connectivity index (χ1n) is 10.9. The monoisotopic (exact) mass is 453 g/mol. The van der Waals surface area contributed by atoms with Gasteiger partial charge >= 0.3 is 0 Å². The van der Waals surface area contributed by atoms with E-state index in [2.05, 4.69) is 25.4 Å². The molecule has 0 bridgehead atoms. The first kappa shape index (κ1) is 26.0. The summed E-state index contributed by atoms with van der Waals surface area (Å²) in [6.07, 6.45) is 15.1. The molecule has 0 saturated carbocycles. The first-order chi connectivity index (χ1) is 15.9. The lowest BCUT2D eigenvalue weighted by atomic mass is 9.91. The number of rotatable bonds is 11. The summed E-state index contributed by atoms with van der Waals surface area (Å²) in [4.78, 5) is 12.6. The molecule has 33 heavy (non-hydrogen) atoms. The minimum absolute atomic E-state index is 0.0112. The third-order valence-corrected chi connectivity index (χ3v) is 5.37. The lowest BCUT2D eigenvalue weighted by Crippen LogP contribution is -2.36. The molecule has 0 amide bonds. The zero-order valence-electron chi connectivity index (χ0n) is 19.3. The smallest absolute Gasteiger partial charge is 0.220 e. The van der Waals surface area contributed by atoms with E-state index < -0.39 is 5.60 Å². The van der Waals surface area contributed by atoms with Crippen LogP contribution >= 0.6 is 0 Å². The van der Waals surface area contributed by atoms with E-state index in [4.69, 9.17) is 11.3 Å². The Morgan fingerprint density at radius 3 is 2.73 bits per heavy atom. The predicted octanol–water partition coefficient (Wildman–Crippen LogP) is 4.18. The molecule has 1 aliphatic rings. The quantitative estimate of drug-likeness (QED) is 0.173. The van der Waals surface area contributed by atoms with Gasteiger partial charge in [-0.25, -0.2) is 19.9 Å². The van der Waals surface area contributed by atoms with Crippen molar-refractivity contribution in [3.05, 3.63) is 65.3 Å². The molecule has 8 nitrogen and oxygen atoms in total. The molecule has 176 valence electrons. The van der Waals surface area contributed by atoms with Crippen LogP contribution in [0.2, 0.25) is 0 Å². The summed E-state index contributed by atoms with van der Waals surface area (Å²) in [7, 11) is 1.68. The van der Waals surface area contributed by atoms with Gasteiger partial charge in [-0.2, -0.15) is 5.11 Å². The molecule has 0 saturated heterocycles. The van der Waals surface area contributed by atoms with Gasteiger partial charge < -0.3 is 16.2 Å². The Bertz CT molecular complexity index is 1020. The highest BCUT2D eigenvalue weighted by atomic mass is 19.1. The van der Waals surface area contributed by atoms with Gasteiger partial charge in [0.15, 0.2) is 0 Å². The lowest BCUT2D eigenvalue weighted by molar-refractivity contribution is 0.104. The number of allylic oxidation sites excluding steroid dienone is 5. The summed E-state index contributed by atoms with van der Waals surface area (Å²) in [6, 6.07) is 0. The van der Waals surface area contributed by atoms with E-state index in [-0.39, 0.29) is 18.2 Å². The Hall–Kier alpha value is -3.30. The number of anilines is 1. The molecule has 1 aromatic heterocycles. The van der Waals surface area contributed by atoms with Gasteiger partial charge in [-0.05, 0) is 31.1 Å². The van der Waals surface area contributed by atoms with Crippen LogP contribution in [0.1, 0.15) is 43.6 Å². The maximum Gasteiger partial charge on any atom is 0.220 e. The van der Waals surface area contributed by atoms with E-state index in [9.17, 15) is 9.50 Å². The summed E-state index contributed by atoms with van der Waals surface area (Å²) in [5.74, 6) is -0.312. The van der Waals surface area contributed by atoms with Crippen molar-refractivity contribution in [1.82, 2.24) is 15.3 Å². The van der Waals surface area contributed by atoms with Crippen LogP contribution in [0.15, 0.2) is 58.5 Å². The van der Waals surface area contributed by atoms with Gasteiger partial charge in [0.1, 0.15) is 22.8 Å². The van der Waals surface area contributed by atoms with E-state index >= 15 is 0 Å². The molecule has 0 radical (unpaired) electrons. The molecule has 5 N–H and O–H groups in total. The number of hydrogen-bond acceptors (Lipinski definition) is 8. The third kappa shape index (κ3) is 7.10. The van der Waals surface area contributed by atoms with Gasteiger partial charge in [0.25, 0.3) is 0 Å². The van der Waals surface area contributed by atoms with Crippen LogP contribution in [-0.2, 0) is 6.42 Å². The highest BCUT2D eigenvalue weighted by Crippen LogP contribution is 2.26. The minimum atomic E-state index is -0.905. The summed E-state index contributed by atoms with van der Waals surface area (Å²) in [5, 5.41) is 17.4. The number of aliphatic imine (C=N–C) groups is 1. The van der Waals surface area contributed by atoms with Crippen LogP contribution in [0.4, 0.5) is 10.3 Å². The largest absolute Gasteiger partial charge is 0.384 e. The van der Waals surface area contributed by atoms with Gasteiger partial charge in [0.2, 0.25) is 5.95 Å². The van der Waals surface area contributed by atoms with Gasteiger partial charge in [-0.1, -0.05) is 44.2 Å². The Morgan fingerprint density at radius 2 is 2.06 bits per heavy atom. The van der Waals surface area contributed by atoms with Crippen LogP contribution in [0.3, 0.4) is 0 Å². The predicted molar refractivity (Wildman–Crippen MR) is 132 cm³/mol. The van der Waals surface area contributed by atoms with E-state index in [1.54, 1.807) is 25.3 Å². The summed E-state index contributed by atoms with van der Waals surface area (Å²) in [5.41, 5.74) is 14.9. The molecule has 0 unspecified atom stereocenters. The molecule has 9 heteroatoms. The zero-order chi connectivity index (χ0) is 24.3. The van der Waals surface area contributed by atoms with Crippen LogP contribution in [-0.4, -0.2) is 46.5 Å². The number of aliphatic hydroxyl groups is 1. The third-order valence-electron chi connectivity index (χ3n) is 5.37. The van der Waals surface area contributed by atoms with Gasteiger partial charge in [0, 0.05) is 32.1 Å². The van der Waals surface area contributed by atoms with Crippen LogP contribution < -0.4 is 11.1 Å². The standard InChI is InChI=1S/C24H32FN7O/c1-4-24(33,5-2)21(28-3)12-7-6-8-14-29-15-13-19(32-27)22-18-11-9-10-17(25)16-20(18)30-23(26)31-22/h6-13,27,29,33H,4-5,14-16H2,1-3H3,(H2,26,30,31)/b8-6+,12-7-,19-13-,28-21+,32-27?. The topological polar surface area (TPSA) is 133 Å². The second kappa shape index (κ2) is 12.7. The molecule has 0 aromatic carbocycles. The first-order valence-corrected chi connectivity index (χ1v) is 10.9. The number of aromatic nitrogens is 2. The SMILES string of the molecule is CCC(O)(CC)C(/C=C\C=C\CNC/C=C(\N=N)c1nc(N)nc2c1C=CC=C(F)C2)=N/C. The normalized spacial score (nSPS) is 15.1. The van der Waals surface area contributed by atoms with Crippen molar-refractivity contribution < 1.29 is 9.50 Å². The minimum Gasteiger partial charge on any atom is -0.384 e. The van der Waals surface area contributed by atoms with E-state index in [1.165, 1.54) is 6.08 Å².